The molecule has 0 atom stereocenters. The van der Waals surface area contributed by atoms with Gasteiger partial charge in [0.05, 0.1) is 0 Å². The summed E-state index contributed by atoms with van der Waals surface area (Å²) in [6.07, 6.45) is 0. The molecule has 2 aromatic heterocycles. The molecule has 0 saturated heterocycles. The Kier molecular flexibility index (Phi) is 3.62. The van der Waals surface area contributed by atoms with E-state index < -0.39 is 5.97 Å². The second-order valence-corrected chi connectivity index (χ2v) is 4.90. The summed E-state index contributed by atoms with van der Waals surface area (Å²) in [4.78, 5) is 17.4. The fraction of sp³-hybridized carbons (Fsp3) is 0.231. The number of anilines is 1. The molecule has 0 aromatic carbocycles. The normalized spacial score (nSPS) is 10.3. The number of rotatable bonds is 4. The molecule has 0 fully saturated rings. The summed E-state index contributed by atoms with van der Waals surface area (Å²) < 4.78 is 0. The van der Waals surface area contributed by atoms with E-state index in [0.717, 1.165) is 11.3 Å². The quantitative estimate of drug-likeness (QED) is 0.920. The zero-order valence-corrected chi connectivity index (χ0v) is 11.1. The smallest absolute Gasteiger partial charge is 0.339 e. The lowest BCUT2D eigenvalue weighted by Gasteiger charge is -2.19. The molecule has 0 amide bonds. The van der Waals surface area contributed by atoms with E-state index in [1.54, 1.807) is 23.5 Å². The van der Waals surface area contributed by atoms with Crippen LogP contribution in [0.2, 0.25) is 0 Å². The van der Waals surface area contributed by atoms with Gasteiger partial charge in [-0.1, -0.05) is 0 Å². The van der Waals surface area contributed by atoms with Crippen LogP contribution in [-0.2, 0) is 6.54 Å². The van der Waals surface area contributed by atoms with E-state index in [1.165, 1.54) is 0 Å². The molecule has 2 aromatic rings. The fourth-order valence-corrected chi connectivity index (χ4v) is 2.39. The van der Waals surface area contributed by atoms with Crippen LogP contribution >= 0.6 is 11.3 Å². The molecule has 4 nitrogen and oxygen atoms in total. The number of nitrogens with zero attached hydrogens (tertiary/aromatic N) is 2. The van der Waals surface area contributed by atoms with Gasteiger partial charge in [-0.3, -0.25) is 0 Å². The van der Waals surface area contributed by atoms with Crippen LogP contribution in [-0.4, -0.2) is 23.1 Å². The summed E-state index contributed by atoms with van der Waals surface area (Å²) in [6, 6.07) is 5.34. The van der Waals surface area contributed by atoms with Crippen molar-refractivity contribution >= 4 is 23.1 Å². The van der Waals surface area contributed by atoms with E-state index in [1.807, 2.05) is 35.7 Å². The Bertz CT molecular complexity index is 552. The van der Waals surface area contributed by atoms with Crippen molar-refractivity contribution in [3.8, 4) is 0 Å². The first kappa shape index (κ1) is 12.6. The number of thiophene rings is 1. The third-order valence-corrected chi connectivity index (χ3v) is 3.34. The van der Waals surface area contributed by atoms with Gasteiger partial charge in [-0.15, -0.1) is 0 Å². The third-order valence-electron chi connectivity index (χ3n) is 2.61. The number of hydrogen-bond donors (Lipinski definition) is 1. The molecule has 0 aliphatic carbocycles. The lowest BCUT2D eigenvalue weighted by molar-refractivity contribution is 0.0697. The van der Waals surface area contributed by atoms with Crippen LogP contribution in [0.5, 0.6) is 0 Å². The number of carboxylic acids is 1. The number of carboxylic acid groups (broad SMARTS) is 1. The molecule has 0 saturated carbocycles. The minimum Gasteiger partial charge on any atom is -0.478 e. The predicted octanol–water partition coefficient (Wildman–Crippen LogP) is 2.79. The van der Waals surface area contributed by atoms with E-state index >= 15 is 0 Å². The van der Waals surface area contributed by atoms with Gasteiger partial charge in [0, 0.05) is 19.3 Å². The van der Waals surface area contributed by atoms with Gasteiger partial charge < -0.3 is 10.0 Å². The average Bonchev–Trinajstić information content (AvgIpc) is 2.81. The number of carbonyl (C=O) groups is 1. The standard InChI is InChI=1S/C13H14N2O2S/c1-9-3-4-11(13(16)17)12(14-9)15(2)7-10-5-6-18-8-10/h3-6,8H,7H2,1-2H3,(H,16,17). The highest BCUT2D eigenvalue weighted by atomic mass is 32.1. The van der Waals surface area contributed by atoms with Crippen LogP contribution in [0.3, 0.4) is 0 Å². The van der Waals surface area contributed by atoms with E-state index in [9.17, 15) is 4.79 Å². The molecular weight excluding hydrogens is 248 g/mol. The third kappa shape index (κ3) is 2.68. The van der Waals surface area contributed by atoms with E-state index in [-0.39, 0.29) is 5.56 Å². The largest absolute Gasteiger partial charge is 0.478 e. The van der Waals surface area contributed by atoms with E-state index in [0.29, 0.717) is 12.4 Å². The molecule has 1 N–H and O–H groups in total. The molecule has 94 valence electrons. The molecule has 0 bridgehead atoms. The number of aromatic nitrogens is 1. The monoisotopic (exact) mass is 262 g/mol. The molecular formula is C13H14N2O2S. The summed E-state index contributed by atoms with van der Waals surface area (Å²) in [5, 5.41) is 13.2. The average molecular weight is 262 g/mol. The number of aryl methyl sites for hydroxylation is 1. The SMILES string of the molecule is Cc1ccc(C(=O)O)c(N(C)Cc2ccsc2)n1. The predicted molar refractivity (Wildman–Crippen MR) is 72.4 cm³/mol. The zero-order valence-electron chi connectivity index (χ0n) is 10.3. The minimum absolute atomic E-state index is 0.235. The molecule has 5 heteroatoms. The van der Waals surface area contributed by atoms with Gasteiger partial charge >= 0.3 is 5.97 Å². The first-order chi connectivity index (χ1) is 8.58. The van der Waals surface area contributed by atoms with Gasteiger partial charge in [0.15, 0.2) is 0 Å². The second kappa shape index (κ2) is 5.18. The van der Waals surface area contributed by atoms with Gasteiger partial charge in [0.2, 0.25) is 0 Å². The number of hydrogen-bond acceptors (Lipinski definition) is 4. The fourth-order valence-electron chi connectivity index (χ4n) is 1.73. The first-order valence-electron chi connectivity index (χ1n) is 5.51. The summed E-state index contributed by atoms with van der Waals surface area (Å²) in [7, 11) is 1.85. The maximum Gasteiger partial charge on any atom is 0.339 e. The van der Waals surface area contributed by atoms with Crippen molar-refractivity contribution in [1.82, 2.24) is 4.98 Å². The Morgan fingerprint density at radius 2 is 2.22 bits per heavy atom. The summed E-state index contributed by atoms with van der Waals surface area (Å²) in [6.45, 7) is 2.51. The maximum absolute atomic E-state index is 11.2. The van der Waals surface area contributed by atoms with Crippen LogP contribution in [0.1, 0.15) is 21.6 Å². The molecule has 18 heavy (non-hydrogen) atoms. The topological polar surface area (TPSA) is 53.4 Å². The van der Waals surface area contributed by atoms with Crippen molar-refractivity contribution in [2.45, 2.75) is 13.5 Å². The summed E-state index contributed by atoms with van der Waals surface area (Å²) in [5.74, 6) is -0.441. The number of aromatic carboxylic acids is 1. The molecule has 0 aliphatic rings. The van der Waals surface area contributed by atoms with Crippen molar-refractivity contribution in [2.24, 2.45) is 0 Å². The lowest BCUT2D eigenvalue weighted by Crippen LogP contribution is -2.20. The van der Waals surface area contributed by atoms with Crippen LogP contribution in [0.25, 0.3) is 0 Å². The van der Waals surface area contributed by atoms with Gasteiger partial charge in [0.25, 0.3) is 0 Å². The first-order valence-corrected chi connectivity index (χ1v) is 6.45. The Hall–Kier alpha value is -1.88. The number of pyridine rings is 1. The van der Waals surface area contributed by atoms with E-state index in [4.69, 9.17) is 5.11 Å². The van der Waals surface area contributed by atoms with Crippen molar-refractivity contribution in [3.05, 3.63) is 45.8 Å². The summed E-state index contributed by atoms with van der Waals surface area (Å²) >= 11 is 1.63. The van der Waals surface area contributed by atoms with Gasteiger partial charge in [-0.2, -0.15) is 11.3 Å². The second-order valence-electron chi connectivity index (χ2n) is 4.12. The highest BCUT2D eigenvalue weighted by Gasteiger charge is 2.15. The van der Waals surface area contributed by atoms with Crippen LogP contribution in [0.4, 0.5) is 5.82 Å². The zero-order chi connectivity index (χ0) is 13.1. The van der Waals surface area contributed by atoms with Crippen molar-refractivity contribution in [3.63, 3.8) is 0 Å². The van der Waals surface area contributed by atoms with Crippen LogP contribution < -0.4 is 4.90 Å². The molecule has 0 aliphatic heterocycles. The Labute approximate surface area is 110 Å². The van der Waals surface area contributed by atoms with Crippen molar-refractivity contribution in [1.29, 1.82) is 0 Å². The highest BCUT2D eigenvalue weighted by molar-refractivity contribution is 7.07. The van der Waals surface area contributed by atoms with Crippen molar-refractivity contribution < 1.29 is 9.90 Å². The molecule has 2 heterocycles. The Morgan fingerprint density at radius 3 is 2.83 bits per heavy atom. The van der Waals surface area contributed by atoms with Gasteiger partial charge in [0.1, 0.15) is 11.4 Å². The molecule has 0 unspecified atom stereocenters. The minimum atomic E-state index is -0.949. The highest BCUT2D eigenvalue weighted by Crippen LogP contribution is 2.20. The lowest BCUT2D eigenvalue weighted by atomic mass is 10.2. The Balaban J connectivity index is 2.31. The van der Waals surface area contributed by atoms with Gasteiger partial charge in [-0.05, 0) is 41.4 Å². The van der Waals surface area contributed by atoms with Crippen molar-refractivity contribution in [2.75, 3.05) is 11.9 Å². The summed E-state index contributed by atoms with van der Waals surface area (Å²) in [5.41, 5.74) is 2.20. The molecule has 2 rings (SSSR count). The molecule has 0 radical (unpaired) electrons. The van der Waals surface area contributed by atoms with Crippen LogP contribution in [0.15, 0.2) is 29.0 Å². The van der Waals surface area contributed by atoms with Crippen LogP contribution in [0, 0.1) is 6.92 Å². The Morgan fingerprint density at radius 1 is 1.44 bits per heavy atom. The van der Waals surface area contributed by atoms with E-state index in [2.05, 4.69) is 4.98 Å². The molecule has 0 spiro atoms. The van der Waals surface area contributed by atoms with Gasteiger partial charge in [-0.25, -0.2) is 9.78 Å². The maximum atomic E-state index is 11.2.